The maximum Gasteiger partial charge on any atom is 0.255 e. The van der Waals surface area contributed by atoms with Gasteiger partial charge in [0.15, 0.2) is 0 Å². The Kier molecular flexibility index (Phi) is 3.94. The van der Waals surface area contributed by atoms with Crippen molar-refractivity contribution in [2.75, 3.05) is 7.05 Å². The summed E-state index contributed by atoms with van der Waals surface area (Å²) in [7, 11) is 3.70. The monoisotopic (exact) mass is 318 g/mol. The fourth-order valence-corrected chi connectivity index (χ4v) is 3.72. The van der Waals surface area contributed by atoms with Gasteiger partial charge in [-0.15, -0.1) is 0 Å². The van der Waals surface area contributed by atoms with Crippen LogP contribution in [0.3, 0.4) is 0 Å². The van der Waals surface area contributed by atoms with Crippen molar-refractivity contribution in [1.29, 1.82) is 0 Å². The third-order valence-corrected chi connectivity index (χ3v) is 5.37. The fourth-order valence-electron chi connectivity index (χ4n) is 3.72. The summed E-state index contributed by atoms with van der Waals surface area (Å²) < 4.78 is 1.71. The van der Waals surface area contributed by atoms with Gasteiger partial charge in [0.25, 0.3) is 5.91 Å². The Morgan fingerprint density at radius 3 is 2.35 bits per heavy atom. The number of nitrogens with one attached hydrogen (secondary N) is 1. The zero-order valence-corrected chi connectivity index (χ0v) is 14.5. The van der Waals surface area contributed by atoms with Gasteiger partial charge in [-0.1, -0.05) is 12.8 Å². The molecule has 0 bridgehead atoms. The van der Waals surface area contributed by atoms with E-state index in [0.29, 0.717) is 17.3 Å². The van der Waals surface area contributed by atoms with E-state index < -0.39 is 5.54 Å². The van der Waals surface area contributed by atoms with E-state index in [9.17, 15) is 9.59 Å². The highest BCUT2D eigenvalue weighted by Crippen LogP contribution is 2.35. The van der Waals surface area contributed by atoms with Gasteiger partial charge in [-0.25, -0.2) is 0 Å². The standard InChI is InChI=1S/C17H26N4O2/c1-11-14(12(2)21(4)19-11)15(22)18-17(9-5-6-10-17)16(23)20(3)13-7-8-13/h13H,5-10H2,1-4H3,(H,18,22). The van der Waals surface area contributed by atoms with E-state index in [1.54, 1.807) is 4.68 Å². The highest BCUT2D eigenvalue weighted by molar-refractivity contribution is 6.01. The molecule has 6 heteroatoms. The number of likely N-dealkylation sites (N-methyl/N-ethyl adjacent to an activating group) is 1. The van der Waals surface area contributed by atoms with Crippen molar-refractivity contribution in [3.8, 4) is 0 Å². The van der Waals surface area contributed by atoms with E-state index >= 15 is 0 Å². The number of carbonyl (C=O) groups is 2. The molecule has 2 saturated carbocycles. The number of aryl methyl sites for hydroxylation is 2. The first-order valence-corrected chi connectivity index (χ1v) is 8.46. The van der Waals surface area contributed by atoms with Crippen LogP contribution in [0.4, 0.5) is 0 Å². The summed E-state index contributed by atoms with van der Waals surface area (Å²) in [6, 6.07) is 0.360. The molecule has 1 aromatic heterocycles. The van der Waals surface area contributed by atoms with Crippen LogP contribution in [0.5, 0.6) is 0 Å². The predicted octanol–water partition coefficient (Wildman–Crippen LogP) is 1.70. The van der Waals surface area contributed by atoms with Crippen molar-refractivity contribution in [3.63, 3.8) is 0 Å². The predicted molar refractivity (Wildman–Crippen MR) is 87.1 cm³/mol. The highest BCUT2D eigenvalue weighted by Gasteiger charge is 2.47. The summed E-state index contributed by atoms with van der Waals surface area (Å²) in [6.45, 7) is 3.72. The molecule has 2 aliphatic rings. The zero-order valence-electron chi connectivity index (χ0n) is 14.5. The van der Waals surface area contributed by atoms with E-state index in [2.05, 4.69) is 10.4 Å². The van der Waals surface area contributed by atoms with Crippen LogP contribution in [-0.2, 0) is 11.8 Å². The Balaban J connectivity index is 1.84. The van der Waals surface area contributed by atoms with Crippen LogP contribution in [0, 0.1) is 13.8 Å². The maximum atomic E-state index is 13.0. The van der Waals surface area contributed by atoms with Crippen LogP contribution in [0.15, 0.2) is 0 Å². The summed E-state index contributed by atoms with van der Waals surface area (Å²) in [5, 5.41) is 7.39. The van der Waals surface area contributed by atoms with Gasteiger partial charge in [0.1, 0.15) is 5.54 Å². The molecule has 1 aromatic rings. The van der Waals surface area contributed by atoms with E-state index in [0.717, 1.165) is 44.2 Å². The Hall–Kier alpha value is -1.85. The second-order valence-electron chi connectivity index (χ2n) is 7.06. The van der Waals surface area contributed by atoms with E-state index in [1.807, 2.05) is 32.8 Å². The van der Waals surface area contributed by atoms with Crippen LogP contribution in [0.25, 0.3) is 0 Å². The number of amides is 2. The van der Waals surface area contributed by atoms with Gasteiger partial charge in [0.2, 0.25) is 5.91 Å². The van der Waals surface area contributed by atoms with Crippen LogP contribution < -0.4 is 5.32 Å². The maximum absolute atomic E-state index is 13.0. The van der Waals surface area contributed by atoms with Gasteiger partial charge in [-0.3, -0.25) is 14.3 Å². The Morgan fingerprint density at radius 1 is 1.26 bits per heavy atom. The van der Waals surface area contributed by atoms with Crippen LogP contribution in [0.1, 0.15) is 60.3 Å². The van der Waals surface area contributed by atoms with Gasteiger partial charge >= 0.3 is 0 Å². The van der Waals surface area contributed by atoms with Gasteiger partial charge < -0.3 is 10.2 Å². The largest absolute Gasteiger partial charge is 0.341 e. The van der Waals surface area contributed by atoms with Gasteiger partial charge in [-0.2, -0.15) is 5.10 Å². The molecule has 23 heavy (non-hydrogen) atoms. The molecule has 1 heterocycles. The second kappa shape index (κ2) is 5.65. The molecule has 0 aromatic carbocycles. The molecule has 0 atom stereocenters. The van der Waals surface area contributed by atoms with E-state index in [-0.39, 0.29) is 11.8 Å². The minimum absolute atomic E-state index is 0.0741. The third kappa shape index (κ3) is 2.75. The summed E-state index contributed by atoms with van der Waals surface area (Å²) >= 11 is 0. The zero-order chi connectivity index (χ0) is 16.8. The molecule has 0 saturated heterocycles. The fraction of sp³-hybridized carbons (Fsp3) is 0.706. The molecule has 0 aliphatic heterocycles. The van der Waals surface area contributed by atoms with E-state index in [4.69, 9.17) is 0 Å². The first kappa shape index (κ1) is 16.0. The number of hydrogen-bond acceptors (Lipinski definition) is 3. The minimum Gasteiger partial charge on any atom is -0.341 e. The first-order chi connectivity index (χ1) is 10.9. The van der Waals surface area contributed by atoms with Gasteiger partial charge in [-0.05, 0) is 39.5 Å². The van der Waals surface area contributed by atoms with Crippen molar-refractivity contribution < 1.29 is 9.59 Å². The number of rotatable bonds is 4. The Bertz CT molecular complexity index is 639. The van der Waals surface area contributed by atoms with Gasteiger partial charge in [0, 0.05) is 25.8 Å². The topological polar surface area (TPSA) is 67.2 Å². The Morgan fingerprint density at radius 2 is 1.87 bits per heavy atom. The molecule has 1 N–H and O–H groups in total. The lowest BCUT2D eigenvalue weighted by Gasteiger charge is -2.33. The normalized spacial score (nSPS) is 19.7. The smallest absolute Gasteiger partial charge is 0.255 e. The minimum atomic E-state index is -0.733. The lowest BCUT2D eigenvalue weighted by molar-refractivity contribution is -0.137. The number of aromatic nitrogens is 2. The van der Waals surface area contributed by atoms with Crippen molar-refractivity contribution in [1.82, 2.24) is 20.0 Å². The SMILES string of the molecule is Cc1nn(C)c(C)c1C(=O)NC1(C(=O)N(C)C2CC2)CCCC1. The summed E-state index contributed by atoms with van der Waals surface area (Å²) in [5.74, 6) is -0.0995. The van der Waals surface area contributed by atoms with Crippen LogP contribution in [-0.4, -0.2) is 45.1 Å². The molecule has 6 nitrogen and oxygen atoms in total. The van der Waals surface area contributed by atoms with Crippen molar-refractivity contribution >= 4 is 11.8 Å². The lowest BCUT2D eigenvalue weighted by Crippen LogP contribution is -2.58. The summed E-state index contributed by atoms with van der Waals surface area (Å²) in [5.41, 5.74) is 1.40. The molecule has 126 valence electrons. The number of carbonyl (C=O) groups excluding carboxylic acids is 2. The van der Waals surface area contributed by atoms with Crippen molar-refractivity contribution in [2.45, 2.75) is 64.0 Å². The molecule has 2 aliphatic carbocycles. The average molecular weight is 318 g/mol. The molecular formula is C17H26N4O2. The lowest BCUT2D eigenvalue weighted by atomic mass is 9.94. The molecule has 0 radical (unpaired) electrons. The molecule has 3 rings (SSSR count). The summed E-state index contributed by atoms with van der Waals surface area (Å²) in [4.78, 5) is 27.7. The molecule has 0 unspecified atom stereocenters. The summed E-state index contributed by atoms with van der Waals surface area (Å²) in [6.07, 6.45) is 5.57. The van der Waals surface area contributed by atoms with Crippen molar-refractivity contribution in [2.24, 2.45) is 7.05 Å². The van der Waals surface area contributed by atoms with Gasteiger partial charge in [0.05, 0.1) is 11.3 Å². The van der Waals surface area contributed by atoms with Crippen LogP contribution >= 0.6 is 0 Å². The van der Waals surface area contributed by atoms with Crippen LogP contribution in [0.2, 0.25) is 0 Å². The number of hydrogen-bond donors (Lipinski definition) is 1. The highest BCUT2D eigenvalue weighted by atomic mass is 16.2. The molecule has 2 amide bonds. The first-order valence-electron chi connectivity index (χ1n) is 8.46. The second-order valence-corrected chi connectivity index (χ2v) is 7.06. The Labute approximate surface area is 137 Å². The quantitative estimate of drug-likeness (QED) is 0.919. The average Bonchev–Trinajstić information content (AvgIpc) is 3.19. The number of nitrogens with zero attached hydrogens (tertiary/aromatic N) is 3. The molecule has 2 fully saturated rings. The third-order valence-electron chi connectivity index (χ3n) is 5.37. The van der Waals surface area contributed by atoms with Crippen molar-refractivity contribution in [3.05, 3.63) is 17.0 Å². The molecule has 0 spiro atoms. The molecular weight excluding hydrogens is 292 g/mol. The van der Waals surface area contributed by atoms with E-state index in [1.165, 1.54) is 0 Å².